The summed E-state index contributed by atoms with van der Waals surface area (Å²) in [5.74, 6) is 0.836. The Balaban J connectivity index is 2.10. The van der Waals surface area contributed by atoms with Gasteiger partial charge in [0.2, 0.25) is 0 Å². The van der Waals surface area contributed by atoms with Gasteiger partial charge in [0, 0.05) is 25.7 Å². The number of piperazine rings is 1. The molecule has 1 aromatic rings. The van der Waals surface area contributed by atoms with E-state index in [9.17, 15) is 4.79 Å². The Labute approximate surface area is 142 Å². The molecule has 0 unspecified atom stereocenters. The monoisotopic (exact) mass is 340 g/mol. The highest BCUT2D eigenvalue weighted by molar-refractivity contribution is 6.30. The molecular weight excluding hydrogens is 316 g/mol. The molecule has 128 valence electrons. The van der Waals surface area contributed by atoms with E-state index in [0.717, 1.165) is 16.9 Å². The Morgan fingerprint density at radius 1 is 1.22 bits per heavy atom. The third-order valence-electron chi connectivity index (χ3n) is 3.99. The van der Waals surface area contributed by atoms with E-state index >= 15 is 0 Å². The maximum Gasteiger partial charge on any atom is 0.410 e. The molecule has 2 rings (SSSR count). The first-order valence-corrected chi connectivity index (χ1v) is 8.22. The number of rotatable bonds is 1. The van der Waals surface area contributed by atoms with Crippen LogP contribution in [0.25, 0.3) is 0 Å². The maximum absolute atomic E-state index is 12.3. The maximum atomic E-state index is 12.3. The first kappa shape index (κ1) is 17.8. The van der Waals surface area contributed by atoms with Gasteiger partial charge in [-0.15, -0.1) is 10.2 Å². The Kier molecular flexibility index (Phi) is 5.04. The number of anilines is 1. The van der Waals surface area contributed by atoms with E-state index in [1.807, 2.05) is 41.5 Å². The summed E-state index contributed by atoms with van der Waals surface area (Å²) in [6, 6.07) is 0.0378. The summed E-state index contributed by atoms with van der Waals surface area (Å²) in [4.78, 5) is 16.2. The minimum Gasteiger partial charge on any atom is -0.444 e. The Morgan fingerprint density at radius 2 is 1.87 bits per heavy atom. The van der Waals surface area contributed by atoms with Crippen LogP contribution in [-0.4, -0.2) is 52.5 Å². The van der Waals surface area contributed by atoms with Crippen molar-refractivity contribution in [3.8, 4) is 0 Å². The zero-order chi connectivity index (χ0) is 17.4. The van der Waals surface area contributed by atoms with Gasteiger partial charge in [-0.2, -0.15) is 0 Å². The van der Waals surface area contributed by atoms with Gasteiger partial charge in [0.25, 0.3) is 0 Å². The SMILES string of the molecule is Cc1c(Cl)nnc(N2CCN(C(=O)OC(C)(C)C)[C@@H](C)C2)c1C. The van der Waals surface area contributed by atoms with E-state index in [0.29, 0.717) is 24.8 Å². The van der Waals surface area contributed by atoms with E-state index in [1.54, 1.807) is 4.90 Å². The van der Waals surface area contributed by atoms with Crippen LogP contribution in [0.15, 0.2) is 0 Å². The minimum atomic E-state index is -0.483. The number of carbonyl (C=O) groups excluding carboxylic acids is 1. The molecule has 0 spiro atoms. The number of halogens is 1. The van der Waals surface area contributed by atoms with Crippen molar-refractivity contribution in [3.05, 3.63) is 16.3 Å². The van der Waals surface area contributed by atoms with E-state index in [-0.39, 0.29) is 12.1 Å². The molecule has 2 heterocycles. The number of aromatic nitrogens is 2. The number of ether oxygens (including phenoxy) is 1. The molecule has 0 aromatic carbocycles. The molecule has 1 fully saturated rings. The molecule has 1 atom stereocenters. The number of hydrogen-bond donors (Lipinski definition) is 0. The molecule has 23 heavy (non-hydrogen) atoms. The van der Waals surface area contributed by atoms with Crippen molar-refractivity contribution in [2.24, 2.45) is 0 Å². The van der Waals surface area contributed by atoms with Crippen LogP contribution in [0.2, 0.25) is 5.15 Å². The van der Waals surface area contributed by atoms with Crippen molar-refractivity contribution >= 4 is 23.5 Å². The molecule has 0 bridgehead atoms. The third kappa shape index (κ3) is 4.05. The molecule has 1 saturated heterocycles. The quantitative estimate of drug-likeness (QED) is 0.785. The van der Waals surface area contributed by atoms with Crippen LogP contribution < -0.4 is 4.90 Å². The van der Waals surface area contributed by atoms with Crippen molar-refractivity contribution in [2.45, 2.75) is 53.2 Å². The van der Waals surface area contributed by atoms with Gasteiger partial charge in [-0.05, 0) is 52.7 Å². The standard InChI is InChI=1S/C16H25ClN4O2/c1-10-9-20(14-12(3)11(2)13(17)18-19-14)7-8-21(10)15(22)23-16(4,5)6/h10H,7-9H2,1-6H3/t10-/m0/s1. The number of carbonyl (C=O) groups is 1. The van der Waals surface area contributed by atoms with Crippen molar-refractivity contribution in [1.29, 1.82) is 0 Å². The number of hydrogen-bond acceptors (Lipinski definition) is 5. The predicted molar refractivity (Wildman–Crippen MR) is 91.1 cm³/mol. The first-order valence-electron chi connectivity index (χ1n) is 7.84. The van der Waals surface area contributed by atoms with E-state index < -0.39 is 5.60 Å². The summed E-state index contributed by atoms with van der Waals surface area (Å²) in [7, 11) is 0. The summed E-state index contributed by atoms with van der Waals surface area (Å²) in [5.41, 5.74) is 1.49. The zero-order valence-corrected chi connectivity index (χ0v) is 15.4. The predicted octanol–water partition coefficient (Wildman–Crippen LogP) is 3.19. The molecule has 7 heteroatoms. The second-order valence-electron chi connectivity index (χ2n) is 7.03. The van der Waals surface area contributed by atoms with Crippen LogP contribution in [-0.2, 0) is 4.74 Å². The average Bonchev–Trinajstić information content (AvgIpc) is 2.43. The van der Waals surface area contributed by atoms with Gasteiger partial charge < -0.3 is 14.5 Å². The van der Waals surface area contributed by atoms with Crippen LogP contribution in [0.3, 0.4) is 0 Å². The fourth-order valence-corrected chi connectivity index (χ4v) is 2.79. The number of nitrogens with zero attached hydrogens (tertiary/aromatic N) is 4. The Hall–Kier alpha value is -1.56. The molecule has 1 aliphatic heterocycles. The lowest BCUT2D eigenvalue weighted by molar-refractivity contribution is 0.0158. The topological polar surface area (TPSA) is 58.6 Å². The van der Waals surface area contributed by atoms with Crippen LogP contribution in [0.5, 0.6) is 0 Å². The van der Waals surface area contributed by atoms with Gasteiger partial charge in [0.05, 0.1) is 0 Å². The van der Waals surface area contributed by atoms with E-state index in [1.165, 1.54) is 0 Å². The molecule has 0 aliphatic carbocycles. The summed E-state index contributed by atoms with van der Waals surface area (Å²) >= 11 is 6.02. The van der Waals surface area contributed by atoms with E-state index in [2.05, 4.69) is 15.1 Å². The fourth-order valence-electron chi connectivity index (χ4n) is 2.61. The van der Waals surface area contributed by atoms with Gasteiger partial charge in [0.1, 0.15) is 5.60 Å². The summed E-state index contributed by atoms with van der Waals surface area (Å²) in [5, 5.41) is 8.68. The lowest BCUT2D eigenvalue weighted by Gasteiger charge is -2.41. The molecule has 6 nitrogen and oxygen atoms in total. The fraction of sp³-hybridized carbons (Fsp3) is 0.688. The van der Waals surface area contributed by atoms with Gasteiger partial charge in [-0.3, -0.25) is 0 Å². The van der Waals surface area contributed by atoms with Crippen LogP contribution in [0.4, 0.5) is 10.6 Å². The van der Waals surface area contributed by atoms with Gasteiger partial charge in [0.15, 0.2) is 11.0 Å². The summed E-state index contributed by atoms with van der Waals surface area (Å²) < 4.78 is 5.47. The van der Waals surface area contributed by atoms with Gasteiger partial charge in [-0.1, -0.05) is 11.6 Å². The molecule has 0 N–H and O–H groups in total. The van der Waals surface area contributed by atoms with E-state index in [4.69, 9.17) is 16.3 Å². The highest BCUT2D eigenvalue weighted by Crippen LogP contribution is 2.26. The highest BCUT2D eigenvalue weighted by atomic mass is 35.5. The van der Waals surface area contributed by atoms with Crippen LogP contribution >= 0.6 is 11.6 Å². The Morgan fingerprint density at radius 3 is 2.43 bits per heavy atom. The minimum absolute atomic E-state index is 0.0378. The van der Waals surface area contributed by atoms with Crippen molar-refractivity contribution in [3.63, 3.8) is 0 Å². The second kappa shape index (κ2) is 6.51. The van der Waals surface area contributed by atoms with Gasteiger partial charge >= 0.3 is 6.09 Å². The largest absolute Gasteiger partial charge is 0.444 e. The second-order valence-corrected chi connectivity index (χ2v) is 7.39. The summed E-state index contributed by atoms with van der Waals surface area (Å²) in [6.07, 6.45) is -0.264. The average molecular weight is 341 g/mol. The molecule has 1 aliphatic rings. The van der Waals surface area contributed by atoms with Crippen molar-refractivity contribution in [1.82, 2.24) is 15.1 Å². The molecular formula is C16H25ClN4O2. The van der Waals surface area contributed by atoms with Crippen LogP contribution in [0, 0.1) is 13.8 Å². The normalized spacial score (nSPS) is 19.0. The molecule has 0 saturated carbocycles. The molecule has 1 aromatic heterocycles. The lowest BCUT2D eigenvalue weighted by Crippen LogP contribution is -2.55. The van der Waals surface area contributed by atoms with Crippen LogP contribution in [0.1, 0.15) is 38.8 Å². The highest BCUT2D eigenvalue weighted by Gasteiger charge is 2.32. The summed E-state index contributed by atoms with van der Waals surface area (Å²) in [6.45, 7) is 13.6. The smallest absolute Gasteiger partial charge is 0.410 e. The Bertz CT molecular complexity index is 600. The molecule has 1 amide bonds. The van der Waals surface area contributed by atoms with Crippen molar-refractivity contribution < 1.29 is 9.53 Å². The molecule has 0 radical (unpaired) electrons. The number of amides is 1. The first-order chi connectivity index (χ1) is 10.6. The van der Waals surface area contributed by atoms with Crippen molar-refractivity contribution in [2.75, 3.05) is 24.5 Å². The van der Waals surface area contributed by atoms with Gasteiger partial charge in [-0.25, -0.2) is 4.79 Å². The zero-order valence-electron chi connectivity index (χ0n) is 14.7. The lowest BCUT2D eigenvalue weighted by atomic mass is 10.1. The third-order valence-corrected chi connectivity index (χ3v) is 4.35.